The highest BCUT2D eigenvalue weighted by Gasteiger charge is 2.10. The zero-order valence-corrected chi connectivity index (χ0v) is 10.2. The minimum Gasteiger partial charge on any atom is -0.427 e. The number of carbonyl (C=O) groups excluding carboxylic acids is 2. The number of hydrogen-bond acceptors (Lipinski definition) is 6. The maximum atomic E-state index is 11.2. The molecule has 0 radical (unpaired) electrons. The molecule has 1 aromatic carbocycles. The Labute approximate surface area is 105 Å². The van der Waals surface area contributed by atoms with Crippen LogP contribution in [0.25, 0.3) is 0 Å². The number of benzene rings is 1. The molecule has 0 saturated heterocycles. The van der Waals surface area contributed by atoms with Crippen molar-refractivity contribution in [3.63, 3.8) is 0 Å². The Hall–Kier alpha value is -2.24. The van der Waals surface area contributed by atoms with E-state index in [1.54, 1.807) is 26.0 Å². The lowest BCUT2D eigenvalue weighted by Gasteiger charge is -2.08. The first kappa shape index (κ1) is 13.8. The number of ether oxygens (including phenoxy) is 3. The van der Waals surface area contributed by atoms with E-state index in [0.29, 0.717) is 11.4 Å². The number of nitrogens with two attached hydrogens (primary N) is 1. The predicted octanol–water partition coefficient (Wildman–Crippen LogP) is 1.94. The van der Waals surface area contributed by atoms with E-state index in [0.717, 1.165) is 0 Å². The van der Waals surface area contributed by atoms with Gasteiger partial charge in [0.15, 0.2) is 0 Å². The zero-order valence-electron chi connectivity index (χ0n) is 10.2. The summed E-state index contributed by atoms with van der Waals surface area (Å²) in [4.78, 5) is 22.2. The molecular weight excluding hydrogens is 238 g/mol. The van der Waals surface area contributed by atoms with Gasteiger partial charge in [-0.1, -0.05) is 13.8 Å². The van der Waals surface area contributed by atoms with Crippen molar-refractivity contribution in [1.29, 1.82) is 0 Å². The number of rotatable bonds is 4. The summed E-state index contributed by atoms with van der Waals surface area (Å²) in [5.74, 6) is -0.429. The molecule has 0 aliphatic heterocycles. The van der Waals surface area contributed by atoms with Crippen LogP contribution in [-0.2, 0) is 14.3 Å². The summed E-state index contributed by atoms with van der Waals surface area (Å²) in [6.45, 7) is 2.88. The third kappa shape index (κ3) is 4.73. The minimum atomic E-state index is -0.948. The molecule has 0 aromatic heterocycles. The van der Waals surface area contributed by atoms with E-state index in [2.05, 4.69) is 9.47 Å². The number of nitrogen functional groups attached to an aromatic ring is 1. The molecule has 0 aliphatic rings. The maximum absolute atomic E-state index is 11.2. The lowest BCUT2D eigenvalue weighted by atomic mass is 10.2. The van der Waals surface area contributed by atoms with Crippen LogP contribution in [0.15, 0.2) is 24.3 Å². The first-order chi connectivity index (χ1) is 8.49. The summed E-state index contributed by atoms with van der Waals surface area (Å²) < 4.78 is 14.0. The third-order valence-electron chi connectivity index (χ3n) is 1.93. The van der Waals surface area contributed by atoms with Crippen LogP contribution in [-0.4, -0.2) is 18.9 Å². The van der Waals surface area contributed by atoms with Crippen LogP contribution < -0.4 is 10.5 Å². The molecular formula is C12H15NO5. The van der Waals surface area contributed by atoms with Crippen LogP contribution in [0, 0.1) is 5.92 Å². The minimum absolute atomic E-state index is 0.276. The van der Waals surface area contributed by atoms with Gasteiger partial charge in [-0.25, -0.2) is 4.79 Å². The molecule has 6 nitrogen and oxygen atoms in total. The van der Waals surface area contributed by atoms with E-state index in [-0.39, 0.29) is 5.92 Å². The van der Waals surface area contributed by atoms with Gasteiger partial charge in [0, 0.05) is 5.69 Å². The molecule has 0 atom stereocenters. The van der Waals surface area contributed by atoms with Gasteiger partial charge in [0.2, 0.25) is 6.79 Å². The van der Waals surface area contributed by atoms with E-state index in [9.17, 15) is 9.59 Å². The van der Waals surface area contributed by atoms with Gasteiger partial charge in [-0.2, -0.15) is 0 Å². The van der Waals surface area contributed by atoms with Crippen molar-refractivity contribution in [2.45, 2.75) is 13.8 Å². The van der Waals surface area contributed by atoms with Crippen molar-refractivity contribution in [3.8, 4) is 5.75 Å². The molecule has 98 valence electrons. The molecule has 0 amide bonds. The Kier molecular flexibility index (Phi) is 4.98. The Morgan fingerprint density at radius 1 is 1.17 bits per heavy atom. The normalized spacial score (nSPS) is 9.94. The highest BCUT2D eigenvalue weighted by atomic mass is 16.8. The smallest absolute Gasteiger partial charge is 0.427 e. The quantitative estimate of drug-likeness (QED) is 0.382. The standard InChI is InChI=1S/C12H15NO5/c1-8(2)11(14)16-7-17-12(15)18-10-5-3-9(13)4-6-10/h3-6,8H,7,13H2,1-2H3. The van der Waals surface area contributed by atoms with Gasteiger partial charge in [-0.05, 0) is 24.3 Å². The first-order valence-corrected chi connectivity index (χ1v) is 5.36. The molecule has 0 saturated carbocycles. The zero-order chi connectivity index (χ0) is 13.5. The average molecular weight is 253 g/mol. The summed E-state index contributed by atoms with van der Waals surface area (Å²) in [5, 5.41) is 0. The second-order valence-corrected chi connectivity index (χ2v) is 3.80. The average Bonchev–Trinajstić information content (AvgIpc) is 2.32. The van der Waals surface area contributed by atoms with E-state index >= 15 is 0 Å². The molecule has 2 N–H and O–H groups in total. The summed E-state index contributed by atoms with van der Waals surface area (Å²) in [6, 6.07) is 6.22. The molecule has 0 unspecified atom stereocenters. The predicted molar refractivity (Wildman–Crippen MR) is 63.8 cm³/mol. The van der Waals surface area contributed by atoms with Crippen molar-refractivity contribution in [2.75, 3.05) is 12.5 Å². The van der Waals surface area contributed by atoms with E-state index in [1.165, 1.54) is 12.1 Å². The third-order valence-corrected chi connectivity index (χ3v) is 1.93. The molecule has 1 rings (SSSR count). The fourth-order valence-electron chi connectivity index (χ4n) is 0.964. The monoisotopic (exact) mass is 253 g/mol. The summed E-state index contributed by atoms with van der Waals surface area (Å²) in [6.07, 6.45) is -0.948. The number of anilines is 1. The largest absolute Gasteiger partial charge is 0.516 e. The molecule has 18 heavy (non-hydrogen) atoms. The summed E-state index contributed by atoms with van der Waals surface area (Å²) in [5.41, 5.74) is 6.03. The van der Waals surface area contributed by atoms with E-state index < -0.39 is 18.9 Å². The van der Waals surface area contributed by atoms with Crippen LogP contribution in [0.2, 0.25) is 0 Å². The molecule has 0 fully saturated rings. The molecule has 0 heterocycles. The van der Waals surface area contributed by atoms with Crippen LogP contribution in [0.1, 0.15) is 13.8 Å². The van der Waals surface area contributed by atoms with Gasteiger partial charge in [0.1, 0.15) is 5.75 Å². The van der Waals surface area contributed by atoms with Crippen molar-refractivity contribution in [1.82, 2.24) is 0 Å². The highest BCUT2D eigenvalue weighted by Crippen LogP contribution is 2.13. The van der Waals surface area contributed by atoms with Gasteiger partial charge in [0.25, 0.3) is 0 Å². The highest BCUT2D eigenvalue weighted by molar-refractivity contribution is 5.71. The van der Waals surface area contributed by atoms with Crippen molar-refractivity contribution < 1.29 is 23.8 Å². The fourth-order valence-corrected chi connectivity index (χ4v) is 0.964. The SMILES string of the molecule is CC(C)C(=O)OCOC(=O)Oc1ccc(N)cc1. The number of esters is 1. The molecule has 0 spiro atoms. The Morgan fingerprint density at radius 3 is 2.33 bits per heavy atom. The molecule has 0 bridgehead atoms. The lowest BCUT2D eigenvalue weighted by molar-refractivity contribution is -0.156. The second kappa shape index (κ2) is 6.48. The molecule has 0 aliphatic carbocycles. The molecule has 1 aromatic rings. The van der Waals surface area contributed by atoms with Gasteiger partial charge in [-0.15, -0.1) is 0 Å². The van der Waals surface area contributed by atoms with Gasteiger partial charge in [-0.3, -0.25) is 4.79 Å². The van der Waals surface area contributed by atoms with Gasteiger partial charge < -0.3 is 19.9 Å². The summed E-state index contributed by atoms with van der Waals surface area (Å²) in [7, 11) is 0. The van der Waals surface area contributed by atoms with E-state index in [4.69, 9.17) is 10.5 Å². The topological polar surface area (TPSA) is 87.8 Å². The second-order valence-electron chi connectivity index (χ2n) is 3.80. The van der Waals surface area contributed by atoms with Crippen LogP contribution in [0.5, 0.6) is 5.75 Å². The number of hydrogen-bond donors (Lipinski definition) is 1. The fraction of sp³-hybridized carbons (Fsp3) is 0.333. The van der Waals surface area contributed by atoms with Gasteiger partial charge in [0.05, 0.1) is 5.92 Å². The Balaban J connectivity index is 2.30. The van der Waals surface area contributed by atoms with E-state index in [1.807, 2.05) is 0 Å². The van der Waals surface area contributed by atoms with Crippen molar-refractivity contribution >= 4 is 17.8 Å². The molecule has 6 heteroatoms. The van der Waals surface area contributed by atoms with Crippen molar-refractivity contribution in [3.05, 3.63) is 24.3 Å². The summed E-state index contributed by atoms with van der Waals surface area (Å²) >= 11 is 0. The Bertz CT molecular complexity index is 413. The Morgan fingerprint density at radius 2 is 1.78 bits per heavy atom. The van der Waals surface area contributed by atoms with Crippen LogP contribution in [0.3, 0.4) is 0 Å². The lowest BCUT2D eigenvalue weighted by Crippen LogP contribution is -2.18. The number of carbonyl (C=O) groups is 2. The first-order valence-electron chi connectivity index (χ1n) is 5.36. The van der Waals surface area contributed by atoms with Crippen LogP contribution >= 0.6 is 0 Å². The maximum Gasteiger partial charge on any atom is 0.516 e. The van der Waals surface area contributed by atoms with Crippen LogP contribution in [0.4, 0.5) is 10.5 Å². The van der Waals surface area contributed by atoms with Crippen molar-refractivity contribution in [2.24, 2.45) is 5.92 Å². The van der Waals surface area contributed by atoms with Gasteiger partial charge >= 0.3 is 12.1 Å².